The van der Waals surface area contributed by atoms with Crippen molar-refractivity contribution in [2.24, 2.45) is 0 Å². The van der Waals surface area contributed by atoms with Gasteiger partial charge in [0, 0.05) is 59.9 Å². The molecule has 0 spiro atoms. The van der Waals surface area contributed by atoms with Crippen LogP contribution in [0.1, 0.15) is 5.69 Å². The van der Waals surface area contributed by atoms with Crippen molar-refractivity contribution in [1.82, 2.24) is 24.9 Å². The van der Waals surface area contributed by atoms with Crippen molar-refractivity contribution >= 4 is 22.4 Å². The molecule has 0 saturated carbocycles. The highest BCUT2D eigenvalue weighted by Gasteiger charge is 2.14. The normalized spacial score (nSPS) is 10.4. The van der Waals surface area contributed by atoms with Gasteiger partial charge in [0.15, 0.2) is 0 Å². The lowest BCUT2D eigenvalue weighted by Gasteiger charge is -2.24. The molecule has 0 aliphatic heterocycles. The zero-order valence-electron chi connectivity index (χ0n) is 19.8. The quantitative estimate of drug-likeness (QED) is 0.328. The van der Waals surface area contributed by atoms with Gasteiger partial charge in [0.25, 0.3) is 0 Å². The van der Waals surface area contributed by atoms with Crippen LogP contribution in [0.2, 0.25) is 0 Å². The number of hydrogen-bond donors (Lipinski definition) is 0. The van der Waals surface area contributed by atoms with Crippen molar-refractivity contribution in [3.8, 4) is 34.6 Å². The number of methoxy groups -OCH3 is 2. The molecule has 0 fully saturated rings. The lowest BCUT2D eigenvalue weighted by Crippen LogP contribution is -2.17. The molecule has 0 aliphatic rings. The van der Waals surface area contributed by atoms with Gasteiger partial charge in [-0.1, -0.05) is 5.92 Å². The molecule has 0 N–H and O–H groups in total. The molecular weight excluding hydrogens is 452 g/mol. The number of aromatic nitrogens is 5. The highest BCUT2D eigenvalue weighted by Crippen LogP contribution is 2.34. The third-order valence-electron chi connectivity index (χ3n) is 5.46. The lowest BCUT2D eigenvalue weighted by atomic mass is 10.1. The number of rotatable bonds is 6. The van der Waals surface area contributed by atoms with E-state index in [1.807, 2.05) is 48.5 Å². The number of pyridine rings is 1. The van der Waals surface area contributed by atoms with Crippen molar-refractivity contribution in [2.45, 2.75) is 0 Å². The fourth-order valence-electron chi connectivity index (χ4n) is 3.67. The van der Waals surface area contributed by atoms with Crippen molar-refractivity contribution in [3.63, 3.8) is 0 Å². The molecule has 3 heterocycles. The zero-order chi connectivity index (χ0) is 24.7. The van der Waals surface area contributed by atoms with E-state index in [1.54, 1.807) is 51.4 Å². The van der Waals surface area contributed by atoms with E-state index in [2.05, 4.69) is 36.7 Å². The summed E-state index contributed by atoms with van der Waals surface area (Å²) in [6.45, 7) is 0.383. The van der Waals surface area contributed by atoms with Crippen LogP contribution in [0.25, 0.3) is 22.3 Å². The van der Waals surface area contributed by atoms with Gasteiger partial charge in [-0.3, -0.25) is 15.0 Å². The third kappa shape index (κ3) is 5.05. The van der Waals surface area contributed by atoms with Crippen LogP contribution in [-0.4, -0.2) is 45.7 Å². The first-order chi connectivity index (χ1) is 17.7. The van der Waals surface area contributed by atoms with Gasteiger partial charge in [0.2, 0.25) is 0 Å². The number of hydrogen-bond acceptors (Lipinski definition) is 8. The van der Waals surface area contributed by atoms with Crippen LogP contribution in [0, 0.1) is 11.8 Å². The Hall–Kier alpha value is -5.03. The van der Waals surface area contributed by atoms with Crippen LogP contribution in [0.3, 0.4) is 0 Å². The zero-order valence-corrected chi connectivity index (χ0v) is 19.8. The van der Waals surface area contributed by atoms with E-state index in [4.69, 9.17) is 14.5 Å². The predicted molar refractivity (Wildman–Crippen MR) is 138 cm³/mol. The minimum Gasteiger partial charge on any atom is -0.497 e. The SMILES string of the molecule is COc1cc(OC)cc(N(CC#Cc2cnccn2)c2ccc3ncc(-c4cccnc4)nc3c2)c1. The number of benzene rings is 2. The second kappa shape index (κ2) is 10.5. The van der Waals surface area contributed by atoms with E-state index in [0.29, 0.717) is 23.7 Å². The summed E-state index contributed by atoms with van der Waals surface area (Å²) < 4.78 is 11.0. The number of anilines is 2. The Morgan fingerprint density at radius 1 is 0.778 bits per heavy atom. The maximum absolute atomic E-state index is 5.50. The van der Waals surface area contributed by atoms with E-state index < -0.39 is 0 Å². The van der Waals surface area contributed by atoms with Crippen molar-refractivity contribution in [3.05, 3.63) is 91.4 Å². The second-order valence-corrected chi connectivity index (χ2v) is 7.72. The van der Waals surface area contributed by atoms with Gasteiger partial charge < -0.3 is 14.4 Å². The van der Waals surface area contributed by atoms with Crippen molar-refractivity contribution in [1.29, 1.82) is 0 Å². The molecule has 36 heavy (non-hydrogen) atoms. The second-order valence-electron chi connectivity index (χ2n) is 7.72. The summed E-state index contributed by atoms with van der Waals surface area (Å²) >= 11 is 0. The lowest BCUT2D eigenvalue weighted by molar-refractivity contribution is 0.394. The number of nitrogens with zero attached hydrogens (tertiary/aromatic N) is 6. The van der Waals surface area contributed by atoms with Crippen LogP contribution < -0.4 is 14.4 Å². The molecule has 0 radical (unpaired) electrons. The fraction of sp³-hybridized carbons (Fsp3) is 0.107. The number of ether oxygens (including phenoxy) is 2. The molecule has 3 aromatic heterocycles. The largest absolute Gasteiger partial charge is 0.497 e. The molecule has 0 amide bonds. The van der Waals surface area contributed by atoms with Crippen LogP contribution in [0.15, 0.2) is 85.7 Å². The Morgan fingerprint density at radius 2 is 1.61 bits per heavy atom. The molecule has 8 nitrogen and oxygen atoms in total. The first-order valence-electron chi connectivity index (χ1n) is 11.2. The molecule has 0 unspecified atom stereocenters. The first kappa shape index (κ1) is 22.7. The Bertz CT molecular complexity index is 1530. The summed E-state index contributed by atoms with van der Waals surface area (Å²) in [6.07, 6.45) is 10.1. The van der Waals surface area contributed by atoms with Gasteiger partial charge in [0.1, 0.15) is 17.2 Å². The summed E-state index contributed by atoms with van der Waals surface area (Å²) in [7, 11) is 3.25. The van der Waals surface area contributed by atoms with Gasteiger partial charge in [-0.15, -0.1) is 0 Å². The van der Waals surface area contributed by atoms with Crippen molar-refractivity contribution in [2.75, 3.05) is 25.7 Å². The molecule has 5 aromatic rings. The van der Waals surface area contributed by atoms with Gasteiger partial charge in [0.05, 0.1) is 49.9 Å². The van der Waals surface area contributed by atoms with Gasteiger partial charge in [-0.2, -0.15) is 0 Å². The molecule has 0 atom stereocenters. The maximum atomic E-state index is 5.50. The number of fused-ring (bicyclic) bond motifs is 1. The maximum Gasteiger partial charge on any atom is 0.131 e. The van der Waals surface area contributed by atoms with Crippen molar-refractivity contribution < 1.29 is 9.47 Å². The van der Waals surface area contributed by atoms with E-state index in [1.165, 1.54) is 0 Å². The van der Waals surface area contributed by atoms with Gasteiger partial charge in [-0.05, 0) is 36.3 Å². The molecule has 8 heteroatoms. The Labute approximate surface area is 208 Å². The van der Waals surface area contributed by atoms with Crippen LogP contribution >= 0.6 is 0 Å². The molecule has 176 valence electrons. The minimum absolute atomic E-state index is 0.383. The molecule has 2 aromatic carbocycles. The van der Waals surface area contributed by atoms with E-state index in [9.17, 15) is 0 Å². The fourth-order valence-corrected chi connectivity index (χ4v) is 3.67. The third-order valence-corrected chi connectivity index (χ3v) is 5.46. The van der Waals surface area contributed by atoms with Gasteiger partial charge in [-0.25, -0.2) is 9.97 Å². The first-order valence-corrected chi connectivity index (χ1v) is 11.2. The molecule has 0 saturated heterocycles. The standard InChI is InChI=1S/C28H22N6O2/c1-35-24-13-23(14-25(16-24)36-2)34(12-4-6-21-18-30-10-11-31-21)22-7-8-26-27(15-22)33-28(19-32-26)20-5-3-9-29-17-20/h3,5,7-11,13-19H,12H2,1-2H3. The molecular formula is C28H22N6O2. The monoisotopic (exact) mass is 474 g/mol. The average molecular weight is 475 g/mol. The Kier molecular flexibility index (Phi) is 6.63. The van der Waals surface area contributed by atoms with Crippen LogP contribution in [0.4, 0.5) is 11.4 Å². The van der Waals surface area contributed by atoms with Crippen LogP contribution in [-0.2, 0) is 0 Å². The summed E-state index contributed by atoms with van der Waals surface area (Å²) in [5.74, 6) is 7.64. The smallest absolute Gasteiger partial charge is 0.131 e. The van der Waals surface area contributed by atoms with Crippen LogP contribution in [0.5, 0.6) is 11.5 Å². The molecule has 0 aliphatic carbocycles. The highest BCUT2D eigenvalue weighted by molar-refractivity contribution is 5.83. The topological polar surface area (TPSA) is 86.2 Å². The summed E-state index contributed by atoms with van der Waals surface area (Å²) in [5, 5.41) is 0. The summed E-state index contributed by atoms with van der Waals surface area (Å²) in [5.41, 5.74) is 5.56. The van der Waals surface area contributed by atoms with E-state index >= 15 is 0 Å². The van der Waals surface area contributed by atoms with Gasteiger partial charge >= 0.3 is 0 Å². The average Bonchev–Trinajstić information content (AvgIpc) is 2.95. The Balaban J connectivity index is 1.58. The summed E-state index contributed by atoms with van der Waals surface area (Å²) in [6, 6.07) is 15.5. The summed E-state index contributed by atoms with van der Waals surface area (Å²) in [4.78, 5) is 24.0. The molecule has 0 bridgehead atoms. The Morgan fingerprint density at radius 3 is 2.33 bits per heavy atom. The minimum atomic E-state index is 0.383. The van der Waals surface area contributed by atoms with E-state index in [0.717, 1.165) is 33.7 Å². The van der Waals surface area contributed by atoms with E-state index in [-0.39, 0.29) is 0 Å². The predicted octanol–water partition coefficient (Wildman–Crippen LogP) is 4.69. The highest BCUT2D eigenvalue weighted by atomic mass is 16.5. The molecule has 5 rings (SSSR count).